The molecule has 0 atom stereocenters. The van der Waals surface area contributed by atoms with Crippen molar-refractivity contribution >= 4 is 17.4 Å². The maximum Gasteiger partial charge on any atom is 0.193 e. The molecular weight excluding hydrogens is 292 g/mol. The van der Waals surface area contributed by atoms with Gasteiger partial charge >= 0.3 is 0 Å². The minimum Gasteiger partial charge on any atom is -0.495 e. The van der Waals surface area contributed by atoms with E-state index in [0.29, 0.717) is 33.4 Å². The third kappa shape index (κ3) is 3.11. The first-order chi connectivity index (χ1) is 10.1. The summed E-state index contributed by atoms with van der Waals surface area (Å²) in [4.78, 5) is 12.5. The summed E-state index contributed by atoms with van der Waals surface area (Å²) in [5.41, 5.74) is 0.974. The predicted octanol–water partition coefficient (Wildman–Crippen LogP) is 3.60. The van der Waals surface area contributed by atoms with Crippen LogP contribution in [0.5, 0.6) is 17.2 Å². The summed E-state index contributed by atoms with van der Waals surface area (Å²) in [5, 5.41) is 0.392. The molecule has 0 saturated heterocycles. The second kappa shape index (κ2) is 6.50. The molecule has 2 rings (SSSR count). The van der Waals surface area contributed by atoms with E-state index in [2.05, 4.69) is 0 Å². The maximum absolute atomic E-state index is 12.5. The van der Waals surface area contributed by atoms with E-state index in [1.807, 2.05) is 0 Å². The summed E-state index contributed by atoms with van der Waals surface area (Å²) in [5.74, 6) is 1.45. The minimum atomic E-state index is -0.152. The molecule has 0 heterocycles. The van der Waals surface area contributed by atoms with E-state index in [1.54, 1.807) is 43.5 Å². The van der Waals surface area contributed by atoms with Crippen molar-refractivity contribution in [3.05, 3.63) is 52.5 Å². The Bertz CT molecular complexity index is 667. The van der Waals surface area contributed by atoms with Crippen molar-refractivity contribution in [3.63, 3.8) is 0 Å². The van der Waals surface area contributed by atoms with Crippen LogP contribution < -0.4 is 14.2 Å². The van der Waals surface area contributed by atoms with E-state index in [9.17, 15) is 4.79 Å². The number of hydrogen-bond donors (Lipinski definition) is 0. The fourth-order valence-corrected chi connectivity index (χ4v) is 2.21. The van der Waals surface area contributed by atoms with Gasteiger partial charge in [0.05, 0.1) is 26.4 Å². The van der Waals surface area contributed by atoms with Crippen LogP contribution in [0.1, 0.15) is 15.9 Å². The largest absolute Gasteiger partial charge is 0.495 e. The van der Waals surface area contributed by atoms with Crippen LogP contribution in [-0.4, -0.2) is 27.1 Å². The number of halogens is 1. The fourth-order valence-electron chi connectivity index (χ4n) is 1.95. The zero-order valence-electron chi connectivity index (χ0n) is 12.0. The average Bonchev–Trinajstić information content (AvgIpc) is 2.53. The van der Waals surface area contributed by atoms with Crippen LogP contribution in [0.25, 0.3) is 0 Å². The Morgan fingerprint density at radius 3 is 1.86 bits per heavy atom. The van der Waals surface area contributed by atoms with E-state index >= 15 is 0 Å². The second-order valence-corrected chi connectivity index (χ2v) is 4.66. The van der Waals surface area contributed by atoms with Gasteiger partial charge in [-0.2, -0.15) is 0 Å². The second-order valence-electron chi connectivity index (χ2n) is 4.25. The van der Waals surface area contributed by atoms with Gasteiger partial charge in [-0.05, 0) is 36.4 Å². The molecule has 2 aromatic rings. The molecule has 0 radical (unpaired) electrons. The first-order valence-electron chi connectivity index (χ1n) is 6.21. The van der Waals surface area contributed by atoms with Gasteiger partial charge in [0.2, 0.25) is 0 Å². The van der Waals surface area contributed by atoms with Crippen molar-refractivity contribution in [3.8, 4) is 17.2 Å². The minimum absolute atomic E-state index is 0.152. The Kier molecular flexibility index (Phi) is 4.70. The van der Waals surface area contributed by atoms with Gasteiger partial charge in [-0.25, -0.2) is 0 Å². The molecular formula is C16H15ClO4. The van der Waals surface area contributed by atoms with Crippen molar-refractivity contribution < 1.29 is 19.0 Å². The lowest BCUT2D eigenvalue weighted by atomic mass is 10.0. The number of ketones is 1. The first kappa shape index (κ1) is 15.2. The quantitative estimate of drug-likeness (QED) is 0.792. The van der Waals surface area contributed by atoms with Crippen molar-refractivity contribution in [1.29, 1.82) is 0 Å². The molecule has 0 unspecified atom stereocenters. The standard InChI is InChI=1S/C16H15ClO4/c1-19-13-6-4-10(8-12(13)17)16(18)11-5-7-14(20-2)15(9-11)21-3/h4-9H,1-3H3. The summed E-state index contributed by atoms with van der Waals surface area (Å²) < 4.78 is 15.4. The molecule has 4 nitrogen and oxygen atoms in total. The molecule has 2 aromatic carbocycles. The highest BCUT2D eigenvalue weighted by Crippen LogP contribution is 2.30. The summed E-state index contributed by atoms with van der Waals surface area (Å²) >= 11 is 6.05. The van der Waals surface area contributed by atoms with Crippen molar-refractivity contribution in [2.75, 3.05) is 21.3 Å². The van der Waals surface area contributed by atoms with Crippen LogP contribution >= 0.6 is 11.6 Å². The van der Waals surface area contributed by atoms with Gasteiger partial charge in [0, 0.05) is 11.1 Å². The SMILES string of the molecule is COc1ccc(C(=O)c2ccc(OC)c(OC)c2)cc1Cl. The molecule has 0 aliphatic heterocycles. The zero-order valence-corrected chi connectivity index (χ0v) is 12.7. The molecule has 0 aliphatic carbocycles. The lowest BCUT2D eigenvalue weighted by molar-refractivity contribution is 0.103. The fraction of sp³-hybridized carbons (Fsp3) is 0.188. The summed E-state index contributed by atoms with van der Waals surface area (Å²) in [7, 11) is 4.59. The highest BCUT2D eigenvalue weighted by molar-refractivity contribution is 6.32. The van der Waals surface area contributed by atoms with Crippen molar-refractivity contribution in [1.82, 2.24) is 0 Å². The van der Waals surface area contributed by atoms with E-state index < -0.39 is 0 Å². The number of rotatable bonds is 5. The molecule has 0 spiro atoms. The lowest BCUT2D eigenvalue weighted by Gasteiger charge is -2.10. The first-order valence-corrected chi connectivity index (χ1v) is 6.58. The number of methoxy groups -OCH3 is 3. The number of carbonyl (C=O) groups excluding carboxylic acids is 1. The molecule has 0 fully saturated rings. The Labute approximate surface area is 128 Å². The van der Waals surface area contributed by atoms with Gasteiger partial charge in [-0.3, -0.25) is 4.79 Å². The Balaban J connectivity index is 2.38. The van der Waals surface area contributed by atoms with Crippen molar-refractivity contribution in [2.45, 2.75) is 0 Å². The van der Waals surface area contributed by atoms with Gasteiger partial charge < -0.3 is 14.2 Å². The van der Waals surface area contributed by atoms with Crippen LogP contribution in [0.2, 0.25) is 5.02 Å². The Hall–Kier alpha value is -2.20. The molecule has 0 bridgehead atoms. The van der Waals surface area contributed by atoms with Crippen LogP contribution in [0, 0.1) is 0 Å². The van der Waals surface area contributed by atoms with Gasteiger partial charge in [0.25, 0.3) is 0 Å². The normalized spacial score (nSPS) is 10.1. The molecule has 0 N–H and O–H groups in total. The molecule has 5 heteroatoms. The average molecular weight is 307 g/mol. The van der Waals surface area contributed by atoms with Crippen LogP contribution in [-0.2, 0) is 0 Å². The predicted molar refractivity (Wildman–Crippen MR) is 81.0 cm³/mol. The van der Waals surface area contributed by atoms with Gasteiger partial charge in [-0.15, -0.1) is 0 Å². The highest BCUT2D eigenvalue weighted by atomic mass is 35.5. The molecule has 0 amide bonds. The summed E-state index contributed by atoms with van der Waals surface area (Å²) in [6, 6.07) is 9.93. The van der Waals surface area contributed by atoms with Gasteiger partial charge in [0.15, 0.2) is 17.3 Å². The van der Waals surface area contributed by atoms with Crippen LogP contribution in [0.4, 0.5) is 0 Å². The third-order valence-corrected chi connectivity index (χ3v) is 3.36. The molecule has 0 aliphatic rings. The highest BCUT2D eigenvalue weighted by Gasteiger charge is 2.14. The summed E-state index contributed by atoms with van der Waals surface area (Å²) in [6.45, 7) is 0. The molecule has 0 saturated carbocycles. The number of benzene rings is 2. The van der Waals surface area contributed by atoms with E-state index in [1.165, 1.54) is 14.2 Å². The van der Waals surface area contributed by atoms with Gasteiger partial charge in [0.1, 0.15) is 5.75 Å². The van der Waals surface area contributed by atoms with Crippen LogP contribution in [0.15, 0.2) is 36.4 Å². The number of ether oxygens (including phenoxy) is 3. The number of hydrogen-bond acceptors (Lipinski definition) is 4. The molecule has 110 valence electrons. The zero-order chi connectivity index (χ0) is 15.4. The Morgan fingerprint density at radius 1 is 0.810 bits per heavy atom. The monoisotopic (exact) mass is 306 g/mol. The molecule has 0 aromatic heterocycles. The molecule has 21 heavy (non-hydrogen) atoms. The Morgan fingerprint density at radius 2 is 1.33 bits per heavy atom. The third-order valence-electron chi connectivity index (χ3n) is 3.06. The maximum atomic E-state index is 12.5. The van der Waals surface area contributed by atoms with Crippen LogP contribution in [0.3, 0.4) is 0 Å². The van der Waals surface area contributed by atoms with E-state index in [0.717, 1.165) is 0 Å². The van der Waals surface area contributed by atoms with Crippen molar-refractivity contribution in [2.24, 2.45) is 0 Å². The van der Waals surface area contributed by atoms with E-state index in [4.69, 9.17) is 25.8 Å². The number of carbonyl (C=O) groups is 1. The topological polar surface area (TPSA) is 44.8 Å². The smallest absolute Gasteiger partial charge is 0.193 e. The lowest BCUT2D eigenvalue weighted by Crippen LogP contribution is -2.02. The van der Waals surface area contributed by atoms with Gasteiger partial charge in [-0.1, -0.05) is 11.6 Å². The van der Waals surface area contributed by atoms with E-state index in [-0.39, 0.29) is 5.78 Å². The summed E-state index contributed by atoms with van der Waals surface area (Å²) in [6.07, 6.45) is 0.